The van der Waals surface area contributed by atoms with Crippen molar-refractivity contribution in [1.82, 2.24) is 0 Å². The van der Waals surface area contributed by atoms with Crippen LogP contribution in [0.4, 0.5) is 5.69 Å². The molecule has 2 aromatic carbocycles. The molecule has 0 N–H and O–H groups in total. The third-order valence-corrected chi connectivity index (χ3v) is 2.83. The van der Waals surface area contributed by atoms with Crippen LogP contribution in [0.1, 0.15) is 22.8 Å². The van der Waals surface area contributed by atoms with Gasteiger partial charge in [0.2, 0.25) is 0 Å². The lowest BCUT2D eigenvalue weighted by Gasteiger charge is -2.22. The Morgan fingerprint density at radius 2 is 1.74 bits per heavy atom. The highest BCUT2D eigenvalue weighted by Gasteiger charge is 2.04. The van der Waals surface area contributed by atoms with E-state index in [0.717, 1.165) is 24.1 Å². The average molecular weight is 255 g/mol. The van der Waals surface area contributed by atoms with E-state index in [2.05, 4.69) is 0 Å². The van der Waals surface area contributed by atoms with E-state index in [-0.39, 0.29) is 0 Å². The van der Waals surface area contributed by atoms with Crippen molar-refractivity contribution in [2.24, 2.45) is 0 Å². The SMILES string of the molecule is CCN(OCc1ccc(C=O)cc1)c1ccccc1. The van der Waals surface area contributed by atoms with Crippen LogP contribution in [0.2, 0.25) is 0 Å². The Morgan fingerprint density at radius 1 is 1.05 bits per heavy atom. The van der Waals surface area contributed by atoms with Crippen LogP contribution < -0.4 is 5.06 Å². The summed E-state index contributed by atoms with van der Waals surface area (Å²) in [6.45, 7) is 3.31. The largest absolute Gasteiger partial charge is 0.298 e. The van der Waals surface area contributed by atoms with Crippen LogP contribution in [0.15, 0.2) is 54.6 Å². The number of rotatable bonds is 6. The molecule has 0 amide bonds. The van der Waals surface area contributed by atoms with Gasteiger partial charge in [-0.3, -0.25) is 14.7 Å². The maximum atomic E-state index is 10.6. The summed E-state index contributed by atoms with van der Waals surface area (Å²) in [5, 5.41) is 1.85. The minimum absolute atomic E-state index is 0.488. The van der Waals surface area contributed by atoms with Gasteiger partial charge in [-0.2, -0.15) is 0 Å². The van der Waals surface area contributed by atoms with E-state index >= 15 is 0 Å². The minimum atomic E-state index is 0.488. The number of para-hydroxylation sites is 1. The van der Waals surface area contributed by atoms with E-state index in [4.69, 9.17) is 4.84 Å². The van der Waals surface area contributed by atoms with Gasteiger partial charge in [0.1, 0.15) is 6.29 Å². The fraction of sp³-hybridized carbons (Fsp3) is 0.188. The predicted molar refractivity (Wildman–Crippen MR) is 76.1 cm³/mol. The topological polar surface area (TPSA) is 29.5 Å². The van der Waals surface area contributed by atoms with E-state index in [9.17, 15) is 4.79 Å². The summed E-state index contributed by atoms with van der Waals surface area (Å²) in [6.07, 6.45) is 0.840. The smallest absolute Gasteiger partial charge is 0.150 e. The molecule has 0 saturated heterocycles. The standard InChI is InChI=1S/C16H17NO2/c1-2-17(16-6-4-3-5-7-16)19-13-15-10-8-14(12-18)9-11-15/h3-12H,2,13H2,1H3. The molecular formula is C16H17NO2. The second kappa shape index (κ2) is 6.71. The molecule has 19 heavy (non-hydrogen) atoms. The number of nitrogens with zero attached hydrogens (tertiary/aromatic N) is 1. The van der Waals surface area contributed by atoms with Crippen molar-refractivity contribution in [3.05, 3.63) is 65.7 Å². The van der Waals surface area contributed by atoms with E-state index in [1.165, 1.54) is 0 Å². The fourth-order valence-electron chi connectivity index (χ4n) is 1.79. The number of aldehydes is 1. The first-order chi connectivity index (χ1) is 9.33. The van der Waals surface area contributed by atoms with Crippen molar-refractivity contribution < 1.29 is 9.63 Å². The molecule has 0 atom stereocenters. The maximum Gasteiger partial charge on any atom is 0.150 e. The van der Waals surface area contributed by atoms with Crippen LogP contribution in [0.3, 0.4) is 0 Å². The van der Waals surface area contributed by atoms with Crippen LogP contribution in [-0.4, -0.2) is 12.8 Å². The highest BCUT2D eigenvalue weighted by molar-refractivity contribution is 5.74. The lowest BCUT2D eigenvalue weighted by molar-refractivity contribution is 0.0972. The Kier molecular flexibility index (Phi) is 4.70. The van der Waals surface area contributed by atoms with Crippen LogP contribution in [0.5, 0.6) is 0 Å². The van der Waals surface area contributed by atoms with E-state index in [1.807, 2.05) is 54.5 Å². The first kappa shape index (κ1) is 13.3. The first-order valence-electron chi connectivity index (χ1n) is 6.33. The molecule has 0 bridgehead atoms. The summed E-state index contributed by atoms with van der Waals surface area (Å²) in [5.74, 6) is 0. The van der Waals surface area contributed by atoms with Gasteiger partial charge in [-0.05, 0) is 24.6 Å². The molecule has 0 aliphatic heterocycles. The molecule has 3 nitrogen and oxygen atoms in total. The van der Waals surface area contributed by atoms with Gasteiger partial charge in [0, 0.05) is 12.1 Å². The van der Waals surface area contributed by atoms with Gasteiger partial charge in [-0.25, -0.2) is 0 Å². The Bertz CT molecular complexity index is 508. The van der Waals surface area contributed by atoms with Crippen LogP contribution in [0, 0.1) is 0 Å². The fourth-order valence-corrected chi connectivity index (χ4v) is 1.79. The Morgan fingerprint density at radius 3 is 2.32 bits per heavy atom. The normalized spacial score (nSPS) is 10.2. The molecule has 0 aliphatic rings. The van der Waals surface area contributed by atoms with Crippen molar-refractivity contribution in [2.75, 3.05) is 11.6 Å². The quantitative estimate of drug-likeness (QED) is 0.585. The van der Waals surface area contributed by atoms with Gasteiger partial charge < -0.3 is 0 Å². The number of hydrogen-bond acceptors (Lipinski definition) is 3. The number of benzene rings is 2. The maximum absolute atomic E-state index is 10.6. The van der Waals surface area contributed by atoms with Crippen LogP contribution >= 0.6 is 0 Å². The van der Waals surface area contributed by atoms with Gasteiger partial charge >= 0.3 is 0 Å². The number of anilines is 1. The number of carbonyl (C=O) groups excluding carboxylic acids is 1. The second-order valence-corrected chi connectivity index (χ2v) is 4.16. The van der Waals surface area contributed by atoms with Crippen molar-refractivity contribution in [1.29, 1.82) is 0 Å². The van der Waals surface area contributed by atoms with E-state index in [1.54, 1.807) is 12.1 Å². The lowest BCUT2D eigenvalue weighted by Crippen LogP contribution is -2.22. The summed E-state index contributed by atoms with van der Waals surface area (Å²) in [7, 11) is 0. The van der Waals surface area contributed by atoms with Crippen molar-refractivity contribution >= 4 is 12.0 Å². The molecule has 2 aromatic rings. The van der Waals surface area contributed by atoms with Crippen LogP contribution in [0.25, 0.3) is 0 Å². The summed E-state index contributed by atoms with van der Waals surface area (Å²) in [5.41, 5.74) is 2.76. The lowest BCUT2D eigenvalue weighted by atomic mass is 10.2. The Balaban J connectivity index is 1.97. The van der Waals surface area contributed by atoms with Gasteiger partial charge in [-0.1, -0.05) is 42.5 Å². The van der Waals surface area contributed by atoms with Crippen molar-refractivity contribution in [2.45, 2.75) is 13.5 Å². The van der Waals surface area contributed by atoms with Gasteiger partial charge in [0.05, 0.1) is 12.3 Å². The molecule has 0 aromatic heterocycles. The molecule has 2 rings (SSSR count). The molecule has 0 saturated carbocycles. The first-order valence-corrected chi connectivity index (χ1v) is 6.33. The minimum Gasteiger partial charge on any atom is -0.298 e. The van der Waals surface area contributed by atoms with E-state index < -0.39 is 0 Å². The molecule has 0 fully saturated rings. The summed E-state index contributed by atoms with van der Waals surface area (Å²) in [4.78, 5) is 16.4. The van der Waals surface area contributed by atoms with Gasteiger partial charge in [0.15, 0.2) is 0 Å². The molecule has 0 radical (unpaired) electrons. The van der Waals surface area contributed by atoms with Crippen molar-refractivity contribution in [3.63, 3.8) is 0 Å². The predicted octanol–water partition coefficient (Wildman–Crippen LogP) is 3.46. The number of carbonyl (C=O) groups is 1. The average Bonchev–Trinajstić information content (AvgIpc) is 2.49. The molecular weight excluding hydrogens is 238 g/mol. The van der Waals surface area contributed by atoms with Gasteiger partial charge in [0.25, 0.3) is 0 Å². The molecule has 0 spiro atoms. The number of hydrogen-bond donors (Lipinski definition) is 0. The third-order valence-electron chi connectivity index (χ3n) is 2.83. The summed E-state index contributed by atoms with van der Waals surface area (Å²) >= 11 is 0. The van der Waals surface area contributed by atoms with Gasteiger partial charge in [-0.15, -0.1) is 0 Å². The Labute approximate surface area is 113 Å². The van der Waals surface area contributed by atoms with E-state index in [0.29, 0.717) is 12.2 Å². The van der Waals surface area contributed by atoms with Crippen molar-refractivity contribution in [3.8, 4) is 0 Å². The van der Waals surface area contributed by atoms with Crippen LogP contribution in [-0.2, 0) is 11.4 Å². The molecule has 0 unspecified atom stereocenters. The third kappa shape index (κ3) is 3.66. The molecule has 98 valence electrons. The summed E-state index contributed by atoms with van der Waals surface area (Å²) < 4.78 is 0. The molecule has 3 heteroatoms. The number of hydroxylamine groups is 1. The zero-order valence-corrected chi connectivity index (χ0v) is 11.0. The highest BCUT2D eigenvalue weighted by Crippen LogP contribution is 2.15. The summed E-state index contributed by atoms with van der Waals surface area (Å²) in [6, 6.07) is 17.4. The monoisotopic (exact) mass is 255 g/mol. The second-order valence-electron chi connectivity index (χ2n) is 4.16. The zero-order valence-electron chi connectivity index (χ0n) is 11.0. The zero-order chi connectivity index (χ0) is 13.5. The Hall–Kier alpha value is -2.13. The molecule has 0 heterocycles. The highest BCUT2D eigenvalue weighted by atomic mass is 16.7. The molecule has 0 aliphatic carbocycles.